The first-order valence-electron chi connectivity index (χ1n) is 4.58. The quantitative estimate of drug-likeness (QED) is 0.735. The van der Waals surface area contributed by atoms with Crippen LogP contribution in [0.2, 0.25) is 0 Å². The minimum Gasteiger partial charge on any atom is -0.472 e. The van der Waals surface area contributed by atoms with Crippen molar-refractivity contribution < 1.29 is 4.42 Å². The number of hydrogen-bond acceptors (Lipinski definition) is 2. The minimum atomic E-state index is 0.0219. The van der Waals surface area contributed by atoms with Gasteiger partial charge in [0.1, 0.15) is 0 Å². The third-order valence-electron chi connectivity index (χ3n) is 2.19. The molecule has 2 aromatic rings. The van der Waals surface area contributed by atoms with Gasteiger partial charge in [-0.15, -0.1) is 0 Å². The molecule has 0 atom stereocenters. The van der Waals surface area contributed by atoms with Crippen LogP contribution in [0, 0.1) is 0 Å². The second-order valence-corrected chi connectivity index (χ2v) is 3.13. The molecule has 2 heterocycles. The van der Waals surface area contributed by atoms with Crippen LogP contribution in [0.3, 0.4) is 0 Å². The molecule has 0 fully saturated rings. The maximum Gasteiger partial charge on any atom is 0.328 e. The zero-order chi connectivity index (χ0) is 9.97. The molecule has 14 heavy (non-hydrogen) atoms. The van der Waals surface area contributed by atoms with Gasteiger partial charge in [0.05, 0.1) is 19.1 Å². The maximum atomic E-state index is 11.6. The van der Waals surface area contributed by atoms with Crippen LogP contribution in [-0.2, 0) is 13.1 Å². The molecule has 0 radical (unpaired) electrons. The van der Waals surface area contributed by atoms with Crippen LogP contribution < -0.4 is 5.69 Å². The van der Waals surface area contributed by atoms with Crippen molar-refractivity contribution in [1.82, 2.24) is 9.13 Å². The second kappa shape index (κ2) is 3.57. The smallest absolute Gasteiger partial charge is 0.328 e. The summed E-state index contributed by atoms with van der Waals surface area (Å²) in [5.74, 6) is 0. The highest BCUT2D eigenvalue weighted by Crippen LogP contribution is 2.01. The van der Waals surface area contributed by atoms with Crippen molar-refractivity contribution in [3.63, 3.8) is 0 Å². The molecule has 0 N–H and O–H groups in total. The van der Waals surface area contributed by atoms with Crippen LogP contribution in [0.4, 0.5) is 0 Å². The zero-order valence-electron chi connectivity index (χ0n) is 8.01. The third-order valence-corrected chi connectivity index (χ3v) is 2.19. The van der Waals surface area contributed by atoms with E-state index in [1.54, 1.807) is 34.1 Å². The molecular formula is C10H12N2O2. The van der Waals surface area contributed by atoms with E-state index in [2.05, 4.69) is 0 Å². The van der Waals surface area contributed by atoms with Gasteiger partial charge in [-0.2, -0.15) is 0 Å². The zero-order valence-corrected chi connectivity index (χ0v) is 8.01. The fraction of sp³-hybridized carbons (Fsp3) is 0.300. The summed E-state index contributed by atoms with van der Waals surface area (Å²) in [6.07, 6.45) is 6.84. The lowest BCUT2D eigenvalue weighted by molar-refractivity contribution is 0.561. The van der Waals surface area contributed by atoms with E-state index in [4.69, 9.17) is 4.42 Å². The number of rotatable bonds is 3. The minimum absolute atomic E-state index is 0.0219. The van der Waals surface area contributed by atoms with E-state index in [9.17, 15) is 4.79 Å². The summed E-state index contributed by atoms with van der Waals surface area (Å²) in [4.78, 5) is 11.6. The van der Waals surface area contributed by atoms with Gasteiger partial charge in [-0.25, -0.2) is 4.79 Å². The van der Waals surface area contributed by atoms with Gasteiger partial charge in [0.25, 0.3) is 0 Å². The molecular weight excluding hydrogens is 180 g/mol. The highest BCUT2D eigenvalue weighted by atomic mass is 16.3. The van der Waals surface area contributed by atoms with E-state index < -0.39 is 0 Å². The van der Waals surface area contributed by atoms with Gasteiger partial charge in [0.2, 0.25) is 0 Å². The van der Waals surface area contributed by atoms with Gasteiger partial charge >= 0.3 is 5.69 Å². The summed E-state index contributed by atoms with van der Waals surface area (Å²) < 4.78 is 8.27. The number of aryl methyl sites for hydroxylation is 1. The van der Waals surface area contributed by atoms with Crippen molar-refractivity contribution in [2.75, 3.05) is 0 Å². The molecule has 0 unspecified atom stereocenters. The summed E-state index contributed by atoms with van der Waals surface area (Å²) in [6.45, 7) is 3.23. The first kappa shape index (κ1) is 8.87. The number of aromatic nitrogens is 2. The molecule has 0 aliphatic rings. The largest absolute Gasteiger partial charge is 0.472 e. The van der Waals surface area contributed by atoms with Crippen molar-refractivity contribution in [3.8, 4) is 0 Å². The molecule has 0 bridgehead atoms. The van der Waals surface area contributed by atoms with Crippen molar-refractivity contribution >= 4 is 0 Å². The maximum absolute atomic E-state index is 11.6. The van der Waals surface area contributed by atoms with Crippen molar-refractivity contribution in [2.24, 2.45) is 0 Å². The Morgan fingerprint density at radius 2 is 2.14 bits per heavy atom. The van der Waals surface area contributed by atoms with Gasteiger partial charge in [0.15, 0.2) is 0 Å². The van der Waals surface area contributed by atoms with Crippen molar-refractivity contribution in [2.45, 2.75) is 20.0 Å². The molecule has 0 aromatic carbocycles. The van der Waals surface area contributed by atoms with E-state index >= 15 is 0 Å². The molecule has 2 aromatic heterocycles. The normalized spacial score (nSPS) is 10.6. The number of imidazole rings is 1. The van der Waals surface area contributed by atoms with E-state index in [0.29, 0.717) is 13.1 Å². The molecule has 0 saturated heterocycles. The fourth-order valence-corrected chi connectivity index (χ4v) is 1.39. The van der Waals surface area contributed by atoms with E-state index in [-0.39, 0.29) is 5.69 Å². The standard InChI is InChI=1S/C10H12N2O2/c1-2-11-4-5-12(10(11)13)7-9-3-6-14-8-9/h3-6,8H,2,7H2,1H3. The lowest BCUT2D eigenvalue weighted by Crippen LogP contribution is -2.23. The van der Waals surface area contributed by atoms with Gasteiger partial charge in [-0.05, 0) is 13.0 Å². The molecule has 0 amide bonds. The topological polar surface area (TPSA) is 40.1 Å². The average molecular weight is 192 g/mol. The van der Waals surface area contributed by atoms with Crippen LogP contribution in [0.15, 0.2) is 40.2 Å². The second-order valence-electron chi connectivity index (χ2n) is 3.13. The predicted molar refractivity (Wildman–Crippen MR) is 52.2 cm³/mol. The Morgan fingerprint density at radius 3 is 2.71 bits per heavy atom. The number of nitrogens with zero attached hydrogens (tertiary/aromatic N) is 2. The molecule has 4 heteroatoms. The van der Waals surface area contributed by atoms with Gasteiger partial charge in [-0.1, -0.05) is 0 Å². The van der Waals surface area contributed by atoms with Crippen LogP contribution in [0.5, 0.6) is 0 Å². The van der Waals surface area contributed by atoms with Gasteiger partial charge < -0.3 is 4.42 Å². The van der Waals surface area contributed by atoms with E-state index in [1.165, 1.54) is 0 Å². The van der Waals surface area contributed by atoms with Gasteiger partial charge in [-0.3, -0.25) is 9.13 Å². The Balaban J connectivity index is 2.26. The molecule has 2 rings (SSSR count). The Morgan fingerprint density at radius 1 is 1.36 bits per heavy atom. The summed E-state index contributed by atoms with van der Waals surface area (Å²) in [7, 11) is 0. The third kappa shape index (κ3) is 1.51. The monoisotopic (exact) mass is 192 g/mol. The van der Waals surface area contributed by atoms with Gasteiger partial charge in [0, 0.05) is 24.5 Å². The van der Waals surface area contributed by atoms with Crippen LogP contribution in [0.25, 0.3) is 0 Å². The van der Waals surface area contributed by atoms with E-state index in [0.717, 1.165) is 5.56 Å². The molecule has 0 aliphatic carbocycles. The number of furan rings is 1. The number of hydrogen-bond donors (Lipinski definition) is 0. The molecule has 0 spiro atoms. The lowest BCUT2D eigenvalue weighted by Gasteiger charge is -1.97. The average Bonchev–Trinajstić information content (AvgIpc) is 2.79. The van der Waals surface area contributed by atoms with E-state index in [1.807, 2.05) is 13.0 Å². The first-order chi connectivity index (χ1) is 6.81. The highest BCUT2D eigenvalue weighted by molar-refractivity contribution is 5.06. The Labute approximate surface area is 81.4 Å². The van der Waals surface area contributed by atoms with Crippen LogP contribution >= 0.6 is 0 Å². The Hall–Kier alpha value is -1.71. The summed E-state index contributed by atoms with van der Waals surface area (Å²) in [5, 5.41) is 0. The summed E-state index contributed by atoms with van der Waals surface area (Å²) >= 11 is 0. The molecule has 74 valence electrons. The first-order valence-corrected chi connectivity index (χ1v) is 4.58. The van der Waals surface area contributed by atoms with Crippen molar-refractivity contribution in [3.05, 3.63) is 47.0 Å². The van der Waals surface area contributed by atoms with Crippen LogP contribution in [0.1, 0.15) is 12.5 Å². The lowest BCUT2D eigenvalue weighted by atomic mass is 10.3. The van der Waals surface area contributed by atoms with Crippen molar-refractivity contribution in [1.29, 1.82) is 0 Å². The molecule has 4 nitrogen and oxygen atoms in total. The van der Waals surface area contributed by atoms with Crippen LogP contribution in [-0.4, -0.2) is 9.13 Å². The SMILES string of the molecule is CCn1ccn(Cc2ccoc2)c1=O. The highest BCUT2D eigenvalue weighted by Gasteiger charge is 2.02. The predicted octanol–water partition coefficient (Wildman–Crippen LogP) is 1.31. The molecule has 0 aliphatic heterocycles. The fourth-order valence-electron chi connectivity index (χ4n) is 1.39. The molecule has 0 saturated carbocycles. The Bertz CT molecular complexity index is 451. The summed E-state index contributed by atoms with van der Waals surface area (Å²) in [5.41, 5.74) is 1.02. The summed E-state index contributed by atoms with van der Waals surface area (Å²) in [6, 6.07) is 1.86. The Kier molecular flexibility index (Phi) is 2.26.